The van der Waals surface area contributed by atoms with Crippen LogP contribution < -0.4 is 5.32 Å². The zero-order valence-corrected chi connectivity index (χ0v) is 12.5. The summed E-state index contributed by atoms with van der Waals surface area (Å²) in [4.78, 5) is 17.3. The van der Waals surface area contributed by atoms with Crippen LogP contribution in [0, 0.1) is 0 Å². The van der Waals surface area contributed by atoms with Gasteiger partial charge in [-0.2, -0.15) is 0 Å². The Balaban J connectivity index is 2.41. The van der Waals surface area contributed by atoms with Gasteiger partial charge in [-0.25, -0.2) is 4.98 Å². The molecule has 0 spiro atoms. The number of aromatic nitrogens is 1. The molecule has 1 N–H and O–H groups in total. The average Bonchev–Trinajstić information content (AvgIpc) is 2.49. The molecular formula is C15H13ClN2OS. The van der Waals surface area contributed by atoms with Gasteiger partial charge in [-0.15, -0.1) is 0 Å². The van der Waals surface area contributed by atoms with Crippen LogP contribution in [0.4, 0.5) is 5.69 Å². The van der Waals surface area contributed by atoms with Crippen molar-refractivity contribution >= 4 is 40.3 Å². The maximum Gasteiger partial charge on any atom is 0.213 e. The normalized spacial score (nSPS) is 10.1. The zero-order valence-electron chi connectivity index (χ0n) is 10.9. The number of hydrogen-bond donors (Lipinski definition) is 1. The van der Waals surface area contributed by atoms with Crippen molar-refractivity contribution in [2.45, 2.75) is 13.3 Å². The molecule has 0 bridgehead atoms. The Morgan fingerprint density at radius 1 is 1.25 bits per heavy atom. The average molecular weight is 305 g/mol. The van der Waals surface area contributed by atoms with Gasteiger partial charge in [0, 0.05) is 5.56 Å². The summed E-state index contributed by atoms with van der Waals surface area (Å²) in [5.74, 6) is -0.186. The van der Waals surface area contributed by atoms with Gasteiger partial charge in [0.05, 0.1) is 10.7 Å². The summed E-state index contributed by atoms with van der Waals surface area (Å²) in [6.07, 6.45) is 0.691. The minimum absolute atomic E-state index is 0.186. The Labute approximate surface area is 128 Å². The van der Waals surface area contributed by atoms with Crippen molar-refractivity contribution in [1.29, 1.82) is 0 Å². The molecule has 20 heavy (non-hydrogen) atoms. The van der Waals surface area contributed by atoms with Gasteiger partial charge in [0.1, 0.15) is 10.8 Å². The molecule has 0 atom stereocenters. The van der Waals surface area contributed by atoms with Crippen LogP contribution in [0.25, 0.3) is 0 Å². The fourth-order valence-electron chi connectivity index (χ4n) is 1.67. The SMILES string of the molecule is CCC(=S)Nc1ccc(Cl)nc1C(=O)c1ccccc1. The number of carbonyl (C=O) groups excluding carboxylic acids is 1. The number of carbonyl (C=O) groups is 1. The van der Waals surface area contributed by atoms with Gasteiger partial charge in [-0.1, -0.05) is 61.1 Å². The van der Waals surface area contributed by atoms with Gasteiger partial charge in [-0.3, -0.25) is 4.79 Å². The highest BCUT2D eigenvalue weighted by Crippen LogP contribution is 2.20. The molecule has 3 nitrogen and oxygen atoms in total. The summed E-state index contributed by atoms with van der Waals surface area (Å²) in [5, 5.41) is 3.30. The molecule has 0 fully saturated rings. The molecule has 0 aliphatic heterocycles. The van der Waals surface area contributed by atoms with E-state index in [4.69, 9.17) is 23.8 Å². The highest BCUT2D eigenvalue weighted by molar-refractivity contribution is 7.80. The molecule has 1 aromatic carbocycles. The van der Waals surface area contributed by atoms with Gasteiger partial charge in [0.2, 0.25) is 5.78 Å². The van der Waals surface area contributed by atoms with Crippen molar-refractivity contribution in [3.8, 4) is 0 Å². The second kappa shape index (κ2) is 6.59. The predicted molar refractivity (Wildman–Crippen MR) is 85.6 cm³/mol. The summed E-state index contributed by atoms with van der Waals surface area (Å²) in [6, 6.07) is 12.3. The first-order chi connectivity index (χ1) is 9.61. The third-order valence-electron chi connectivity index (χ3n) is 2.71. The monoisotopic (exact) mass is 304 g/mol. The second-order valence-corrected chi connectivity index (χ2v) is 5.01. The van der Waals surface area contributed by atoms with Crippen LogP contribution in [0.1, 0.15) is 29.4 Å². The number of anilines is 1. The maximum atomic E-state index is 12.5. The fourth-order valence-corrected chi connectivity index (χ4v) is 1.93. The topological polar surface area (TPSA) is 42.0 Å². The van der Waals surface area contributed by atoms with Crippen LogP contribution in [0.3, 0.4) is 0 Å². The molecule has 1 heterocycles. The zero-order chi connectivity index (χ0) is 14.5. The number of thiocarbonyl (C=S) groups is 1. The number of halogens is 1. The first-order valence-electron chi connectivity index (χ1n) is 6.18. The summed E-state index contributed by atoms with van der Waals surface area (Å²) in [7, 11) is 0. The smallest absolute Gasteiger partial charge is 0.213 e. The molecule has 2 rings (SSSR count). The molecule has 2 aromatic rings. The number of nitrogens with zero attached hydrogens (tertiary/aromatic N) is 1. The van der Waals surface area contributed by atoms with Crippen LogP contribution in [-0.2, 0) is 0 Å². The minimum Gasteiger partial charge on any atom is -0.348 e. The van der Waals surface area contributed by atoms with E-state index in [9.17, 15) is 4.79 Å². The highest BCUT2D eigenvalue weighted by atomic mass is 35.5. The molecule has 0 saturated heterocycles. The van der Waals surface area contributed by atoms with E-state index in [-0.39, 0.29) is 16.6 Å². The number of hydrogen-bond acceptors (Lipinski definition) is 3. The van der Waals surface area contributed by atoms with E-state index in [1.165, 1.54) is 0 Å². The van der Waals surface area contributed by atoms with Crippen LogP contribution in [0.2, 0.25) is 5.15 Å². The van der Waals surface area contributed by atoms with Crippen molar-refractivity contribution in [2.75, 3.05) is 5.32 Å². The van der Waals surface area contributed by atoms with E-state index in [0.717, 1.165) is 0 Å². The lowest BCUT2D eigenvalue weighted by molar-refractivity contribution is 0.103. The van der Waals surface area contributed by atoms with Gasteiger partial charge in [-0.05, 0) is 18.6 Å². The van der Waals surface area contributed by atoms with Gasteiger partial charge < -0.3 is 5.32 Å². The quantitative estimate of drug-likeness (QED) is 0.524. The Morgan fingerprint density at radius 3 is 2.60 bits per heavy atom. The van der Waals surface area contributed by atoms with Crippen molar-refractivity contribution in [1.82, 2.24) is 4.98 Å². The lowest BCUT2D eigenvalue weighted by Gasteiger charge is -2.11. The third-order valence-corrected chi connectivity index (χ3v) is 3.31. The molecule has 0 radical (unpaired) electrons. The van der Waals surface area contributed by atoms with E-state index >= 15 is 0 Å². The molecule has 0 amide bonds. The van der Waals surface area contributed by atoms with Crippen molar-refractivity contribution in [3.63, 3.8) is 0 Å². The lowest BCUT2D eigenvalue weighted by Crippen LogP contribution is -2.14. The van der Waals surface area contributed by atoms with Gasteiger partial charge >= 0.3 is 0 Å². The summed E-state index contributed by atoms with van der Waals surface area (Å²) in [6.45, 7) is 1.94. The Bertz CT molecular complexity index is 644. The molecule has 5 heteroatoms. The molecule has 0 aliphatic rings. The molecular weight excluding hydrogens is 292 g/mol. The Hall–Kier alpha value is -1.78. The lowest BCUT2D eigenvalue weighted by atomic mass is 10.1. The van der Waals surface area contributed by atoms with Gasteiger partial charge in [0.25, 0.3) is 0 Å². The van der Waals surface area contributed by atoms with E-state index in [0.29, 0.717) is 22.7 Å². The largest absolute Gasteiger partial charge is 0.348 e. The van der Waals surface area contributed by atoms with Crippen LogP contribution in [0.15, 0.2) is 42.5 Å². The van der Waals surface area contributed by atoms with Crippen LogP contribution in [-0.4, -0.2) is 15.8 Å². The number of rotatable bonds is 4. The number of ketones is 1. The van der Waals surface area contributed by atoms with Gasteiger partial charge in [0.15, 0.2) is 0 Å². The van der Waals surface area contributed by atoms with E-state index in [1.54, 1.807) is 24.3 Å². The third kappa shape index (κ3) is 3.40. The predicted octanol–water partition coefficient (Wildman–Crippen LogP) is 4.12. The summed E-state index contributed by atoms with van der Waals surface area (Å²) >= 11 is 11.0. The summed E-state index contributed by atoms with van der Waals surface area (Å²) in [5.41, 5.74) is 1.42. The second-order valence-electron chi connectivity index (χ2n) is 4.13. The van der Waals surface area contributed by atoms with Crippen LogP contribution >= 0.6 is 23.8 Å². The Kier molecular flexibility index (Phi) is 4.82. The summed E-state index contributed by atoms with van der Waals surface area (Å²) < 4.78 is 0. The first kappa shape index (κ1) is 14.6. The molecule has 102 valence electrons. The maximum absolute atomic E-state index is 12.5. The number of benzene rings is 1. The van der Waals surface area contributed by atoms with Crippen molar-refractivity contribution in [3.05, 3.63) is 58.9 Å². The van der Waals surface area contributed by atoms with E-state index in [2.05, 4.69) is 10.3 Å². The van der Waals surface area contributed by atoms with Crippen molar-refractivity contribution < 1.29 is 4.79 Å². The number of nitrogens with one attached hydrogen (secondary N) is 1. The molecule has 0 aliphatic carbocycles. The van der Waals surface area contributed by atoms with E-state index in [1.807, 2.05) is 25.1 Å². The molecule has 0 unspecified atom stereocenters. The van der Waals surface area contributed by atoms with E-state index < -0.39 is 0 Å². The molecule has 0 saturated carbocycles. The van der Waals surface area contributed by atoms with Crippen LogP contribution in [0.5, 0.6) is 0 Å². The fraction of sp³-hybridized carbons (Fsp3) is 0.133. The minimum atomic E-state index is -0.186. The first-order valence-corrected chi connectivity index (χ1v) is 6.96. The number of pyridine rings is 1. The Morgan fingerprint density at radius 2 is 1.95 bits per heavy atom. The molecule has 1 aromatic heterocycles. The standard InChI is InChI=1S/C15H13ClN2OS/c1-2-13(20)17-11-8-9-12(16)18-14(11)15(19)10-6-4-3-5-7-10/h3-9H,2H2,1H3,(H,17,20). The highest BCUT2D eigenvalue weighted by Gasteiger charge is 2.16. The van der Waals surface area contributed by atoms with Crippen molar-refractivity contribution in [2.24, 2.45) is 0 Å².